The number of hydrogen-bond donors (Lipinski definition) is 0. The van der Waals surface area contributed by atoms with Gasteiger partial charge in [0.2, 0.25) is 0 Å². The highest BCUT2D eigenvalue weighted by atomic mass is 14.2. The van der Waals surface area contributed by atoms with Gasteiger partial charge in [-0.15, -0.1) is 0 Å². The predicted molar refractivity (Wildman–Crippen MR) is 102 cm³/mol. The topological polar surface area (TPSA) is 0 Å². The second kappa shape index (κ2) is 11.0. The number of rotatable bonds is 6. The fourth-order valence-corrected chi connectivity index (χ4v) is 4.52. The van der Waals surface area contributed by atoms with Gasteiger partial charge < -0.3 is 0 Å². The van der Waals surface area contributed by atoms with Crippen molar-refractivity contribution in [1.82, 2.24) is 0 Å². The molecule has 0 saturated heterocycles. The lowest BCUT2D eigenvalue weighted by molar-refractivity contribution is 0.294. The van der Waals surface area contributed by atoms with E-state index < -0.39 is 0 Å². The Labute approximate surface area is 145 Å². The smallest absolute Gasteiger partial charge is 0.0206 e. The Hall–Kier alpha value is -0.700. The molecule has 0 nitrogen and oxygen atoms in total. The first-order valence-electron chi connectivity index (χ1n) is 10.5. The number of unbranched alkanes of at least 4 members (excludes halogenated alkanes) is 1. The van der Waals surface area contributed by atoms with Crippen molar-refractivity contribution in [3.63, 3.8) is 0 Å². The van der Waals surface area contributed by atoms with Crippen molar-refractivity contribution in [2.45, 2.75) is 97.3 Å². The first kappa shape index (κ1) is 18.6. The Balaban J connectivity index is 1.62. The van der Waals surface area contributed by atoms with E-state index in [1.807, 2.05) is 0 Å². The zero-order valence-electron chi connectivity index (χ0n) is 15.7. The average molecular weight is 315 g/mol. The molecule has 0 aromatic rings. The van der Waals surface area contributed by atoms with Gasteiger partial charge in [0.15, 0.2) is 0 Å². The molecule has 2 saturated carbocycles. The van der Waals surface area contributed by atoms with Crippen molar-refractivity contribution in [3.8, 4) is 11.8 Å². The van der Waals surface area contributed by atoms with Crippen LogP contribution in [0.1, 0.15) is 97.3 Å². The molecule has 0 bridgehead atoms. The lowest BCUT2D eigenvalue weighted by atomic mass is 9.79. The summed E-state index contributed by atoms with van der Waals surface area (Å²) in [5, 5.41) is 0. The van der Waals surface area contributed by atoms with E-state index in [0.717, 1.165) is 17.8 Å². The molecule has 2 aliphatic rings. The van der Waals surface area contributed by atoms with Gasteiger partial charge in [0.1, 0.15) is 0 Å². The third-order valence-electron chi connectivity index (χ3n) is 6.14. The summed E-state index contributed by atoms with van der Waals surface area (Å²) in [5.41, 5.74) is 0. The molecule has 0 aromatic carbocycles. The van der Waals surface area contributed by atoms with E-state index in [0.29, 0.717) is 5.92 Å². The molecule has 130 valence electrons. The maximum absolute atomic E-state index is 3.53. The van der Waals surface area contributed by atoms with Crippen molar-refractivity contribution >= 4 is 0 Å². The highest BCUT2D eigenvalue weighted by Crippen LogP contribution is 2.32. The van der Waals surface area contributed by atoms with E-state index in [4.69, 9.17) is 0 Å². The van der Waals surface area contributed by atoms with Crippen molar-refractivity contribution in [3.05, 3.63) is 12.2 Å². The highest BCUT2D eigenvalue weighted by molar-refractivity contribution is 5.18. The van der Waals surface area contributed by atoms with Gasteiger partial charge in [0, 0.05) is 5.92 Å². The molecule has 23 heavy (non-hydrogen) atoms. The molecule has 0 radical (unpaired) electrons. The van der Waals surface area contributed by atoms with Crippen LogP contribution < -0.4 is 0 Å². The molecule has 0 aromatic heterocycles. The Bertz CT molecular complexity index is 378. The lowest BCUT2D eigenvalue weighted by Crippen LogP contribution is -2.13. The molecule has 0 spiro atoms. The van der Waals surface area contributed by atoms with E-state index in [1.165, 1.54) is 83.5 Å². The van der Waals surface area contributed by atoms with E-state index in [-0.39, 0.29) is 0 Å². The summed E-state index contributed by atoms with van der Waals surface area (Å²) in [7, 11) is 0. The molecule has 0 heterocycles. The largest absolute Gasteiger partial charge is 0.0951 e. The van der Waals surface area contributed by atoms with Crippen LogP contribution in [0, 0.1) is 35.5 Å². The fraction of sp³-hybridized carbons (Fsp3) is 0.826. The monoisotopic (exact) mass is 314 g/mol. The molecule has 2 aliphatic carbocycles. The van der Waals surface area contributed by atoms with Crippen LogP contribution in [0.4, 0.5) is 0 Å². The first-order chi connectivity index (χ1) is 11.3. The SMILES string of the molecule is CCCC[C@H]1CC[C@H](C#CC=C[C@H]2CC[C@H](CCC)CC2)CC1. The quantitative estimate of drug-likeness (QED) is 0.457. The Morgan fingerprint density at radius 1 is 0.783 bits per heavy atom. The van der Waals surface area contributed by atoms with Crippen LogP contribution in [0.3, 0.4) is 0 Å². The van der Waals surface area contributed by atoms with Crippen LogP contribution in [0.15, 0.2) is 12.2 Å². The summed E-state index contributed by atoms with van der Waals surface area (Å²) in [4.78, 5) is 0. The molecule has 2 fully saturated rings. The summed E-state index contributed by atoms with van der Waals surface area (Å²) in [6.07, 6.45) is 22.8. The minimum atomic E-state index is 0.679. The number of allylic oxidation sites excluding steroid dienone is 2. The van der Waals surface area contributed by atoms with Gasteiger partial charge >= 0.3 is 0 Å². The molecule has 0 amide bonds. The fourth-order valence-electron chi connectivity index (χ4n) is 4.52. The zero-order valence-corrected chi connectivity index (χ0v) is 15.7. The maximum Gasteiger partial charge on any atom is 0.0206 e. The van der Waals surface area contributed by atoms with Gasteiger partial charge in [-0.3, -0.25) is 0 Å². The zero-order chi connectivity index (χ0) is 16.3. The van der Waals surface area contributed by atoms with Crippen LogP contribution in [0.2, 0.25) is 0 Å². The summed E-state index contributed by atoms with van der Waals surface area (Å²) < 4.78 is 0. The Morgan fingerprint density at radius 3 is 2.09 bits per heavy atom. The van der Waals surface area contributed by atoms with E-state index in [9.17, 15) is 0 Å². The molecule has 0 heteroatoms. The van der Waals surface area contributed by atoms with E-state index in [2.05, 4.69) is 37.8 Å². The van der Waals surface area contributed by atoms with Crippen LogP contribution in [-0.2, 0) is 0 Å². The van der Waals surface area contributed by atoms with Gasteiger partial charge in [-0.25, -0.2) is 0 Å². The number of hydrogen-bond acceptors (Lipinski definition) is 0. The predicted octanol–water partition coefficient (Wildman–Crippen LogP) is 7.15. The molecular weight excluding hydrogens is 276 g/mol. The molecule has 0 aliphatic heterocycles. The first-order valence-corrected chi connectivity index (χ1v) is 10.5. The van der Waals surface area contributed by atoms with Crippen LogP contribution in [0.5, 0.6) is 0 Å². The summed E-state index contributed by atoms with van der Waals surface area (Å²) >= 11 is 0. The molecule has 0 unspecified atom stereocenters. The van der Waals surface area contributed by atoms with Gasteiger partial charge in [0.05, 0.1) is 0 Å². The molecule has 0 atom stereocenters. The van der Waals surface area contributed by atoms with Crippen molar-refractivity contribution in [2.24, 2.45) is 23.7 Å². The molecule has 0 N–H and O–H groups in total. The van der Waals surface area contributed by atoms with Gasteiger partial charge in [-0.2, -0.15) is 0 Å². The average Bonchev–Trinajstić information content (AvgIpc) is 2.59. The van der Waals surface area contributed by atoms with Gasteiger partial charge in [-0.05, 0) is 75.2 Å². The lowest BCUT2D eigenvalue weighted by Gasteiger charge is -2.26. The maximum atomic E-state index is 3.53. The normalized spacial score (nSPS) is 31.7. The molecule has 2 rings (SSSR count). The van der Waals surface area contributed by atoms with Gasteiger partial charge in [-0.1, -0.05) is 63.9 Å². The minimum absolute atomic E-state index is 0.679. The van der Waals surface area contributed by atoms with Crippen molar-refractivity contribution in [2.75, 3.05) is 0 Å². The second-order valence-corrected chi connectivity index (χ2v) is 8.08. The Kier molecular flexibility index (Phi) is 8.88. The van der Waals surface area contributed by atoms with E-state index >= 15 is 0 Å². The molecular formula is C23H38. The van der Waals surface area contributed by atoms with Crippen molar-refractivity contribution < 1.29 is 0 Å². The highest BCUT2D eigenvalue weighted by Gasteiger charge is 2.19. The summed E-state index contributed by atoms with van der Waals surface area (Å²) in [6, 6.07) is 0. The minimum Gasteiger partial charge on any atom is -0.0951 e. The van der Waals surface area contributed by atoms with Crippen LogP contribution in [0.25, 0.3) is 0 Å². The van der Waals surface area contributed by atoms with Crippen molar-refractivity contribution in [1.29, 1.82) is 0 Å². The summed E-state index contributed by atoms with van der Waals surface area (Å²) in [6.45, 7) is 4.62. The van der Waals surface area contributed by atoms with E-state index in [1.54, 1.807) is 0 Å². The second-order valence-electron chi connectivity index (χ2n) is 8.08. The van der Waals surface area contributed by atoms with Crippen LogP contribution in [-0.4, -0.2) is 0 Å². The standard InChI is InChI=1S/C23H38/c1-3-5-9-21-16-18-23(19-17-21)11-7-6-10-22-14-12-20(8-4-2)13-15-22/h6,10,20-23H,3-5,8-9,12-19H2,1-2H3/t20-,21-,22-,23-. The van der Waals surface area contributed by atoms with Crippen LogP contribution >= 0.6 is 0 Å². The van der Waals surface area contributed by atoms with Gasteiger partial charge in [0.25, 0.3) is 0 Å². The third kappa shape index (κ3) is 7.15. The summed E-state index contributed by atoms with van der Waals surface area (Å²) in [5.74, 6) is 10.4. The third-order valence-corrected chi connectivity index (χ3v) is 6.14. The Morgan fingerprint density at radius 2 is 1.43 bits per heavy atom.